The summed E-state index contributed by atoms with van der Waals surface area (Å²) in [5.74, 6) is -0.363. The molecule has 152 valence electrons. The molecule has 2 aromatic rings. The molecule has 6 heteroatoms. The number of rotatable bonds is 6. The molecule has 29 heavy (non-hydrogen) atoms. The second-order valence-corrected chi connectivity index (χ2v) is 7.15. The average molecular weight is 394 g/mol. The number of amides is 1. The lowest BCUT2D eigenvalue weighted by molar-refractivity contribution is 0.0773. The van der Waals surface area contributed by atoms with Crippen molar-refractivity contribution in [3.05, 3.63) is 59.4 Å². The van der Waals surface area contributed by atoms with Gasteiger partial charge in [0.2, 0.25) is 0 Å². The third-order valence-corrected chi connectivity index (χ3v) is 5.45. The molecule has 0 saturated carbocycles. The van der Waals surface area contributed by atoms with Crippen LogP contribution in [0, 0.1) is 17.1 Å². The molecule has 1 N–H and O–H groups in total. The Hall–Kier alpha value is -2.91. The van der Waals surface area contributed by atoms with Gasteiger partial charge in [0.1, 0.15) is 5.82 Å². The molecule has 1 saturated heterocycles. The van der Waals surface area contributed by atoms with E-state index in [0.717, 1.165) is 31.6 Å². The van der Waals surface area contributed by atoms with Crippen LogP contribution < -0.4 is 10.2 Å². The summed E-state index contributed by atoms with van der Waals surface area (Å²) in [7, 11) is 0. The standard InChI is InChI=1S/C23H27FN4O/c1-3-27(4-2)23(29)18-6-8-19(9-7-18)28(20-11-13-26-14-12-20)22-15-17(16-25)5-10-21(22)24/h5-10,15,20,26H,3-4,11-14H2,1-2H3. The monoisotopic (exact) mass is 394 g/mol. The smallest absolute Gasteiger partial charge is 0.253 e. The summed E-state index contributed by atoms with van der Waals surface area (Å²) in [4.78, 5) is 16.4. The van der Waals surface area contributed by atoms with Crippen LogP contribution in [-0.2, 0) is 0 Å². The van der Waals surface area contributed by atoms with Gasteiger partial charge in [-0.05, 0) is 82.2 Å². The number of anilines is 2. The second-order valence-electron chi connectivity index (χ2n) is 7.15. The fourth-order valence-corrected chi connectivity index (χ4v) is 3.84. The van der Waals surface area contributed by atoms with Crippen LogP contribution in [0.2, 0.25) is 0 Å². The maximum atomic E-state index is 14.8. The van der Waals surface area contributed by atoms with Crippen LogP contribution in [0.3, 0.4) is 0 Å². The molecule has 0 spiro atoms. The Morgan fingerprint density at radius 3 is 2.38 bits per heavy atom. The number of carbonyl (C=O) groups excluding carboxylic acids is 1. The molecule has 1 heterocycles. The summed E-state index contributed by atoms with van der Waals surface area (Å²) in [6, 6.07) is 14.0. The molecule has 5 nitrogen and oxygen atoms in total. The number of nitrogens with zero attached hydrogens (tertiary/aromatic N) is 3. The number of halogens is 1. The molecule has 1 aliphatic heterocycles. The summed E-state index contributed by atoms with van der Waals surface area (Å²) in [5, 5.41) is 12.6. The van der Waals surface area contributed by atoms with Gasteiger partial charge in [-0.25, -0.2) is 4.39 Å². The third kappa shape index (κ3) is 4.57. The average Bonchev–Trinajstić information content (AvgIpc) is 2.77. The van der Waals surface area contributed by atoms with Gasteiger partial charge in [-0.1, -0.05) is 0 Å². The summed E-state index contributed by atoms with van der Waals surface area (Å²) in [5.41, 5.74) is 2.27. The van der Waals surface area contributed by atoms with Crippen molar-refractivity contribution in [3.8, 4) is 6.07 Å². The van der Waals surface area contributed by atoms with Crippen molar-refractivity contribution in [2.75, 3.05) is 31.1 Å². The van der Waals surface area contributed by atoms with Crippen LogP contribution in [0.1, 0.15) is 42.6 Å². The molecule has 2 aromatic carbocycles. The van der Waals surface area contributed by atoms with Gasteiger partial charge in [0.25, 0.3) is 5.91 Å². The number of carbonyl (C=O) groups is 1. The SMILES string of the molecule is CCN(CC)C(=O)c1ccc(N(c2cc(C#N)ccc2F)C2CCNCC2)cc1. The van der Waals surface area contributed by atoms with Gasteiger partial charge in [-0.3, -0.25) is 4.79 Å². The minimum absolute atomic E-state index is 0.00683. The fraction of sp³-hybridized carbons (Fsp3) is 0.391. The molecule has 0 unspecified atom stereocenters. The Labute approximate surface area is 171 Å². The van der Waals surface area contributed by atoms with Crippen molar-refractivity contribution in [3.63, 3.8) is 0 Å². The van der Waals surface area contributed by atoms with Gasteiger partial charge in [-0.15, -0.1) is 0 Å². The van der Waals surface area contributed by atoms with E-state index in [0.29, 0.717) is 29.9 Å². The molecule has 1 amide bonds. The van der Waals surface area contributed by atoms with E-state index in [1.54, 1.807) is 23.1 Å². The number of piperidine rings is 1. The minimum atomic E-state index is -0.356. The quantitative estimate of drug-likeness (QED) is 0.802. The van der Waals surface area contributed by atoms with Gasteiger partial charge < -0.3 is 15.1 Å². The Bertz CT molecular complexity index is 881. The largest absolute Gasteiger partial charge is 0.339 e. The zero-order chi connectivity index (χ0) is 20.8. The maximum Gasteiger partial charge on any atom is 0.253 e. The molecule has 1 fully saturated rings. The van der Waals surface area contributed by atoms with Gasteiger partial charge >= 0.3 is 0 Å². The summed E-state index contributed by atoms with van der Waals surface area (Å²) >= 11 is 0. The molecule has 1 aliphatic rings. The molecule has 0 aromatic heterocycles. The van der Waals surface area contributed by atoms with Crippen LogP contribution in [0.15, 0.2) is 42.5 Å². The lowest BCUT2D eigenvalue weighted by atomic mass is 10.0. The lowest BCUT2D eigenvalue weighted by Gasteiger charge is -2.36. The van der Waals surface area contributed by atoms with Gasteiger partial charge in [0.15, 0.2) is 0 Å². The van der Waals surface area contributed by atoms with Crippen LogP contribution in [0.4, 0.5) is 15.8 Å². The van der Waals surface area contributed by atoms with Crippen molar-refractivity contribution in [2.45, 2.75) is 32.7 Å². The topological polar surface area (TPSA) is 59.4 Å². The van der Waals surface area contributed by atoms with Crippen LogP contribution in [-0.4, -0.2) is 43.0 Å². The molecule has 0 radical (unpaired) electrons. The highest BCUT2D eigenvalue weighted by Crippen LogP contribution is 2.34. The minimum Gasteiger partial charge on any atom is -0.339 e. The number of nitrogens with one attached hydrogen (secondary N) is 1. The Kier molecular flexibility index (Phi) is 6.84. The summed E-state index contributed by atoms with van der Waals surface area (Å²) in [6.07, 6.45) is 1.74. The first kappa shape index (κ1) is 20.8. The molecule has 0 aliphatic carbocycles. The van der Waals surface area contributed by atoms with Crippen LogP contribution >= 0.6 is 0 Å². The normalized spacial score (nSPS) is 14.3. The van der Waals surface area contributed by atoms with Crippen molar-refractivity contribution in [1.82, 2.24) is 10.2 Å². The Morgan fingerprint density at radius 2 is 1.79 bits per heavy atom. The van der Waals surface area contributed by atoms with Crippen molar-refractivity contribution in [1.29, 1.82) is 5.26 Å². The predicted molar refractivity (Wildman–Crippen MR) is 113 cm³/mol. The van der Waals surface area contributed by atoms with Gasteiger partial charge in [0.05, 0.1) is 17.3 Å². The van der Waals surface area contributed by atoms with Crippen LogP contribution in [0.5, 0.6) is 0 Å². The fourth-order valence-electron chi connectivity index (χ4n) is 3.84. The van der Waals surface area contributed by atoms with E-state index in [1.165, 1.54) is 12.1 Å². The summed E-state index contributed by atoms with van der Waals surface area (Å²) in [6.45, 7) is 6.95. The number of nitriles is 1. The van der Waals surface area contributed by atoms with Gasteiger partial charge in [-0.2, -0.15) is 5.26 Å². The summed E-state index contributed by atoms with van der Waals surface area (Å²) < 4.78 is 14.8. The maximum absolute atomic E-state index is 14.8. The van der Waals surface area contributed by atoms with Gasteiger partial charge in [0, 0.05) is 30.4 Å². The third-order valence-electron chi connectivity index (χ3n) is 5.45. The molecule has 3 rings (SSSR count). The first-order valence-corrected chi connectivity index (χ1v) is 10.2. The lowest BCUT2D eigenvalue weighted by Crippen LogP contribution is -2.41. The zero-order valence-electron chi connectivity index (χ0n) is 17.0. The van der Waals surface area contributed by atoms with Crippen molar-refractivity contribution in [2.24, 2.45) is 0 Å². The molecule has 0 bridgehead atoms. The highest BCUT2D eigenvalue weighted by atomic mass is 19.1. The van der Waals surface area contributed by atoms with E-state index in [-0.39, 0.29) is 17.8 Å². The van der Waals surface area contributed by atoms with E-state index in [9.17, 15) is 14.4 Å². The highest BCUT2D eigenvalue weighted by Gasteiger charge is 2.25. The van der Waals surface area contributed by atoms with E-state index in [1.807, 2.05) is 30.9 Å². The highest BCUT2D eigenvalue weighted by molar-refractivity contribution is 5.94. The van der Waals surface area contributed by atoms with E-state index in [2.05, 4.69) is 11.4 Å². The first-order valence-electron chi connectivity index (χ1n) is 10.2. The first-order chi connectivity index (χ1) is 14.1. The molecular weight excluding hydrogens is 367 g/mol. The number of benzene rings is 2. The second kappa shape index (κ2) is 9.53. The zero-order valence-corrected chi connectivity index (χ0v) is 17.0. The van der Waals surface area contributed by atoms with E-state index < -0.39 is 0 Å². The Balaban J connectivity index is 1.99. The van der Waals surface area contributed by atoms with Crippen LogP contribution in [0.25, 0.3) is 0 Å². The van der Waals surface area contributed by atoms with E-state index in [4.69, 9.17) is 0 Å². The Morgan fingerprint density at radius 1 is 1.14 bits per heavy atom. The van der Waals surface area contributed by atoms with Crippen molar-refractivity contribution >= 4 is 17.3 Å². The van der Waals surface area contributed by atoms with Crippen molar-refractivity contribution < 1.29 is 9.18 Å². The number of hydrogen-bond acceptors (Lipinski definition) is 4. The van der Waals surface area contributed by atoms with E-state index >= 15 is 0 Å². The molecular formula is C23H27FN4O. The number of hydrogen-bond donors (Lipinski definition) is 1. The molecule has 0 atom stereocenters. The predicted octanol–water partition coefficient (Wildman–Crippen LogP) is 4.07.